The van der Waals surface area contributed by atoms with E-state index in [-0.39, 0.29) is 11.9 Å². The number of amides is 1. The highest BCUT2D eigenvalue weighted by Crippen LogP contribution is 2.20. The summed E-state index contributed by atoms with van der Waals surface area (Å²) in [7, 11) is 3.52. The van der Waals surface area contributed by atoms with Gasteiger partial charge in [-0.15, -0.1) is 0 Å². The van der Waals surface area contributed by atoms with E-state index in [1.807, 2.05) is 13.1 Å². The molecule has 17 heavy (non-hydrogen) atoms. The van der Waals surface area contributed by atoms with Crippen molar-refractivity contribution in [2.24, 2.45) is 0 Å². The Morgan fingerprint density at radius 1 is 1.59 bits per heavy atom. The lowest BCUT2D eigenvalue weighted by atomic mass is 10.2. The average Bonchev–Trinajstić information content (AvgIpc) is 2.66. The number of carbonyl (C=O) groups excluding carboxylic acids is 1. The quantitative estimate of drug-likeness (QED) is 0.838. The normalized spacial score (nSPS) is 12.5. The number of carbonyl (C=O) groups is 1. The molecule has 0 aromatic carbocycles. The van der Waals surface area contributed by atoms with Crippen LogP contribution in [0, 0.1) is 0 Å². The van der Waals surface area contributed by atoms with E-state index in [2.05, 4.69) is 28.0 Å². The largest absolute Gasteiger partial charge is 0.347 e. The van der Waals surface area contributed by atoms with E-state index in [0.717, 1.165) is 29.4 Å². The summed E-state index contributed by atoms with van der Waals surface area (Å²) in [6.07, 6.45) is 5.10. The number of hydrogen-bond acceptors (Lipinski definition) is 2. The molecule has 1 unspecified atom stereocenters. The summed E-state index contributed by atoms with van der Waals surface area (Å²) in [6.45, 7) is 4.02. The SMILES string of the molecule is CCCCc1nn(C(C)C(=O)N(C)C)cc1Br. The fourth-order valence-electron chi connectivity index (χ4n) is 1.61. The van der Waals surface area contributed by atoms with Crippen LogP contribution in [0.4, 0.5) is 0 Å². The van der Waals surface area contributed by atoms with Crippen LogP contribution in [0.5, 0.6) is 0 Å². The van der Waals surface area contributed by atoms with Crippen LogP contribution in [0.1, 0.15) is 38.4 Å². The molecule has 4 nitrogen and oxygen atoms in total. The second-order valence-electron chi connectivity index (χ2n) is 4.42. The van der Waals surface area contributed by atoms with Crippen molar-refractivity contribution < 1.29 is 4.79 Å². The molecule has 0 saturated carbocycles. The van der Waals surface area contributed by atoms with Crippen molar-refractivity contribution >= 4 is 21.8 Å². The molecule has 5 heteroatoms. The number of unbranched alkanes of at least 4 members (excludes halogenated alkanes) is 1. The first-order chi connectivity index (χ1) is 7.97. The Kier molecular flexibility index (Phi) is 5.18. The molecule has 0 aliphatic heterocycles. The minimum Gasteiger partial charge on any atom is -0.347 e. The van der Waals surface area contributed by atoms with Gasteiger partial charge in [0.15, 0.2) is 0 Å². The number of aromatic nitrogens is 2. The maximum atomic E-state index is 11.8. The minimum atomic E-state index is -0.253. The molecule has 96 valence electrons. The highest BCUT2D eigenvalue weighted by atomic mass is 79.9. The highest BCUT2D eigenvalue weighted by Gasteiger charge is 2.19. The molecule has 1 aromatic rings. The summed E-state index contributed by atoms with van der Waals surface area (Å²) in [5, 5.41) is 4.47. The third kappa shape index (κ3) is 3.56. The Morgan fingerprint density at radius 3 is 2.76 bits per heavy atom. The molecule has 1 atom stereocenters. The molecule has 1 heterocycles. The zero-order valence-electron chi connectivity index (χ0n) is 10.9. The van der Waals surface area contributed by atoms with Gasteiger partial charge in [-0.3, -0.25) is 9.48 Å². The third-order valence-electron chi connectivity index (χ3n) is 2.72. The molecule has 0 radical (unpaired) electrons. The summed E-state index contributed by atoms with van der Waals surface area (Å²) in [4.78, 5) is 13.4. The topological polar surface area (TPSA) is 38.1 Å². The summed E-state index contributed by atoms with van der Waals surface area (Å²) in [5.41, 5.74) is 1.03. The molecule has 0 spiro atoms. The van der Waals surface area contributed by atoms with Crippen LogP contribution >= 0.6 is 15.9 Å². The number of hydrogen-bond donors (Lipinski definition) is 0. The first-order valence-corrected chi connectivity index (χ1v) is 6.71. The fourth-order valence-corrected chi connectivity index (χ4v) is 2.09. The van der Waals surface area contributed by atoms with Gasteiger partial charge in [-0.25, -0.2) is 0 Å². The first-order valence-electron chi connectivity index (χ1n) is 5.92. The summed E-state index contributed by atoms with van der Waals surface area (Å²) in [5.74, 6) is 0.0574. The Bertz CT molecular complexity index is 387. The Morgan fingerprint density at radius 2 is 2.24 bits per heavy atom. The van der Waals surface area contributed by atoms with Crippen molar-refractivity contribution in [1.29, 1.82) is 0 Å². The molecule has 0 N–H and O–H groups in total. The molecule has 0 aliphatic rings. The zero-order chi connectivity index (χ0) is 13.0. The summed E-state index contributed by atoms with van der Waals surface area (Å²) in [6, 6.07) is -0.253. The summed E-state index contributed by atoms with van der Waals surface area (Å²) < 4.78 is 2.72. The van der Waals surface area contributed by atoms with Crippen LogP contribution in [-0.4, -0.2) is 34.7 Å². The number of nitrogens with zero attached hydrogens (tertiary/aromatic N) is 3. The maximum absolute atomic E-state index is 11.8. The van der Waals surface area contributed by atoms with Crippen molar-refractivity contribution in [2.75, 3.05) is 14.1 Å². The standard InChI is InChI=1S/C12H20BrN3O/c1-5-6-7-11-10(13)8-16(14-11)9(2)12(17)15(3)4/h8-9H,5-7H2,1-4H3. The van der Waals surface area contributed by atoms with Crippen LogP contribution in [0.2, 0.25) is 0 Å². The van der Waals surface area contributed by atoms with Gasteiger partial charge in [0, 0.05) is 20.3 Å². The monoisotopic (exact) mass is 301 g/mol. The minimum absolute atomic E-state index is 0.0574. The van der Waals surface area contributed by atoms with E-state index in [0.29, 0.717) is 0 Å². The molecule has 0 bridgehead atoms. The van der Waals surface area contributed by atoms with Crippen molar-refractivity contribution in [3.05, 3.63) is 16.4 Å². The van der Waals surface area contributed by atoms with E-state index >= 15 is 0 Å². The van der Waals surface area contributed by atoms with Gasteiger partial charge in [0.25, 0.3) is 0 Å². The number of aryl methyl sites for hydroxylation is 1. The number of likely N-dealkylation sites (N-methyl/N-ethyl adjacent to an activating group) is 1. The molecule has 0 saturated heterocycles. The van der Waals surface area contributed by atoms with Gasteiger partial charge < -0.3 is 4.90 Å². The molecule has 1 rings (SSSR count). The summed E-state index contributed by atoms with van der Waals surface area (Å²) >= 11 is 3.49. The van der Waals surface area contributed by atoms with E-state index in [4.69, 9.17) is 0 Å². The Balaban J connectivity index is 2.82. The van der Waals surface area contributed by atoms with E-state index in [1.54, 1.807) is 23.7 Å². The Labute approximate surface area is 111 Å². The van der Waals surface area contributed by atoms with Gasteiger partial charge in [0.1, 0.15) is 6.04 Å². The van der Waals surface area contributed by atoms with Gasteiger partial charge in [-0.1, -0.05) is 13.3 Å². The average molecular weight is 302 g/mol. The van der Waals surface area contributed by atoms with E-state index < -0.39 is 0 Å². The molecule has 1 aromatic heterocycles. The molecule has 1 amide bonds. The van der Waals surface area contributed by atoms with Crippen LogP contribution < -0.4 is 0 Å². The van der Waals surface area contributed by atoms with Crippen molar-refractivity contribution in [2.45, 2.75) is 39.2 Å². The second-order valence-corrected chi connectivity index (χ2v) is 5.27. The number of halogens is 1. The highest BCUT2D eigenvalue weighted by molar-refractivity contribution is 9.10. The van der Waals surface area contributed by atoms with Gasteiger partial charge >= 0.3 is 0 Å². The zero-order valence-corrected chi connectivity index (χ0v) is 12.5. The first kappa shape index (κ1) is 14.2. The van der Waals surface area contributed by atoms with E-state index in [1.165, 1.54) is 0 Å². The fraction of sp³-hybridized carbons (Fsp3) is 0.667. The van der Waals surface area contributed by atoms with Gasteiger partial charge in [0.2, 0.25) is 5.91 Å². The number of rotatable bonds is 5. The van der Waals surface area contributed by atoms with E-state index in [9.17, 15) is 4.79 Å². The third-order valence-corrected chi connectivity index (χ3v) is 3.38. The smallest absolute Gasteiger partial charge is 0.246 e. The van der Waals surface area contributed by atoms with Crippen molar-refractivity contribution in [1.82, 2.24) is 14.7 Å². The van der Waals surface area contributed by atoms with Crippen LogP contribution in [0.25, 0.3) is 0 Å². The van der Waals surface area contributed by atoms with Gasteiger partial charge in [-0.05, 0) is 35.7 Å². The maximum Gasteiger partial charge on any atom is 0.246 e. The van der Waals surface area contributed by atoms with Crippen LogP contribution in [0.15, 0.2) is 10.7 Å². The van der Waals surface area contributed by atoms with Gasteiger partial charge in [0.05, 0.1) is 10.2 Å². The lowest BCUT2D eigenvalue weighted by Gasteiger charge is -2.16. The Hall–Kier alpha value is -0.840. The van der Waals surface area contributed by atoms with Crippen molar-refractivity contribution in [3.63, 3.8) is 0 Å². The molecule has 0 aliphatic carbocycles. The van der Waals surface area contributed by atoms with Crippen LogP contribution in [-0.2, 0) is 11.2 Å². The molecular weight excluding hydrogens is 282 g/mol. The van der Waals surface area contributed by atoms with Gasteiger partial charge in [-0.2, -0.15) is 5.10 Å². The molecular formula is C12H20BrN3O. The predicted molar refractivity (Wildman–Crippen MR) is 71.9 cm³/mol. The predicted octanol–water partition coefficient (Wildman–Crippen LogP) is 2.64. The lowest BCUT2D eigenvalue weighted by molar-refractivity contribution is -0.131. The van der Waals surface area contributed by atoms with Crippen LogP contribution in [0.3, 0.4) is 0 Å². The second kappa shape index (κ2) is 6.19. The molecule has 0 fully saturated rings. The lowest BCUT2D eigenvalue weighted by Crippen LogP contribution is -2.30. The van der Waals surface area contributed by atoms with Crippen molar-refractivity contribution in [3.8, 4) is 0 Å².